The zero-order chi connectivity index (χ0) is 17.6. The minimum atomic E-state index is -0.259. The van der Waals surface area contributed by atoms with E-state index in [1.165, 1.54) is 5.69 Å². The molecule has 0 radical (unpaired) electrons. The van der Waals surface area contributed by atoms with E-state index < -0.39 is 0 Å². The van der Waals surface area contributed by atoms with Crippen LogP contribution in [0.4, 0.5) is 5.69 Å². The van der Waals surface area contributed by atoms with E-state index in [4.69, 9.17) is 16.3 Å². The van der Waals surface area contributed by atoms with E-state index in [0.717, 1.165) is 37.0 Å². The van der Waals surface area contributed by atoms with Crippen molar-refractivity contribution in [3.8, 4) is 0 Å². The van der Waals surface area contributed by atoms with Crippen molar-refractivity contribution < 1.29 is 4.74 Å². The molecule has 0 aromatic heterocycles. The molecule has 142 valence electrons. The number of guanidine groups is 1. The van der Waals surface area contributed by atoms with Crippen molar-refractivity contribution in [2.75, 3.05) is 38.2 Å². The van der Waals surface area contributed by atoms with Crippen LogP contribution < -0.4 is 15.5 Å². The molecule has 0 aliphatic carbocycles. The van der Waals surface area contributed by atoms with Gasteiger partial charge in [0.2, 0.25) is 0 Å². The lowest BCUT2D eigenvalue weighted by Crippen LogP contribution is -2.45. The average molecular weight is 481 g/mol. The van der Waals surface area contributed by atoms with E-state index in [9.17, 15) is 0 Å². The minimum Gasteiger partial charge on any atom is -0.377 e. The molecule has 0 saturated carbocycles. The number of ether oxygens (including phenoxy) is 1. The third-order valence-corrected chi connectivity index (χ3v) is 4.45. The summed E-state index contributed by atoms with van der Waals surface area (Å²) in [4.78, 5) is 7.01. The van der Waals surface area contributed by atoms with Crippen molar-refractivity contribution in [3.05, 3.63) is 29.3 Å². The summed E-state index contributed by atoms with van der Waals surface area (Å²) in [7, 11) is 1.72. The number of benzene rings is 1. The maximum Gasteiger partial charge on any atom is 0.191 e. The normalized spacial score (nSPS) is 18.0. The van der Waals surface area contributed by atoms with Gasteiger partial charge in [-0.3, -0.25) is 4.99 Å². The summed E-state index contributed by atoms with van der Waals surface area (Å²) in [6, 6.07) is 8.40. The smallest absolute Gasteiger partial charge is 0.191 e. The second-order valence-electron chi connectivity index (χ2n) is 6.71. The zero-order valence-corrected chi connectivity index (χ0v) is 18.6. The highest BCUT2D eigenvalue weighted by Crippen LogP contribution is 2.23. The van der Waals surface area contributed by atoms with Crippen LogP contribution in [0.5, 0.6) is 0 Å². The second-order valence-corrected chi connectivity index (χ2v) is 7.15. The van der Waals surface area contributed by atoms with Gasteiger partial charge >= 0.3 is 0 Å². The number of hydrogen-bond acceptors (Lipinski definition) is 3. The van der Waals surface area contributed by atoms with Gasteiger partial charge in [0.15, 0.2) is 5.96 Å². The minimum absolute atomic E-state index is 0. The van der Waals surface area contributed by atoms with E-state index >= 15 is 0 Å². The molecule has 0 bridgehead atoms. The molecule has 1 aromatic carbocycles. The molecule has 25 heavy (non-hydrogen) atoms. The van der Waals surface area contributed by atoms with Crippen LogP contribution in [0, 0.1) is 0 Å². The predicted octanol–water partition coefficient (Wildman–Crippen LogP) is 3.52. The number of nitrogens with zero attached hydrogens (tertiary/aromatic N) is 2. The van der Waals surface area contributed by atoms with Crippen LogP contribution in [-0.4, -0.2) is 50.9 Å². The molecule has 1 unspecified atom stereocenters. The van der Waals surface area contributed by atoms with Crippen LogP contribution in [0.1, 0.15) is 27.2 Å². The van der Waals surface area contributed by atoms with Gasteiger partial charge in [-0.2, -0.15) is 0 Å². The topological polar surface area (TPSA) is 48.9 Å². The first kappa shape index (κ1) is 22.3. The largest absolute Gasteiger partial charge is 0.377 e. The number of aliphatic imine (C=N–C) groups is 1. The van der Waals surface area contributed by atoms with Crippen molar-refractivity contribution in [2.45, 2.75) is 38.8 Å². The number of hydrogen-bond donors (Lipinski definition) is 2. The fraction of sp³-hybridized carbons (Fsp3) is 0.611. The number of rotatable bonds is 6. The first-order valence-corrected chi connectivity index (χ1v) is 8.92. The highest BCUT2D eigenvalue weighted by molar-refractivity contribution is 14.0. The summed E-state index contributed by atoms with van der Waals surface area (Å²) in [6.07, 6.45) is 1.07. The van der Waals surface area contributed by atoms with Gasteiger partial charge in [-0.1, -0.05) is 17.7 Å². The number of anilines is 1. The maximum atomic E-state index is 6.10. The van der Waals surface area contributed by atoms with Crippen molar-refractivity contribution in [1.29, 1.82) is 0 Å². The molecule has 1 saturated heterocycles. The summed E-state index contributed by atoms with van der Waals surface area (Å²) < 4.78 is 5.44. The van der Waals surface area contributed by atoms with Gasteiger partial charge in [-0.25, -0.2) is 0 Å². The molecular weight excluding hydrogens is 451 g/mol. The Morgan fingerprint density at radius 2 is 2.20 bits per heavy atom. The Hall–Kier alpha value is -0.730. The summed E-state index contributed by atoms with van der Waals surface area (Å²) >= 11 is 6.10. The van der Waals surface area contributed by atoms with Gasteiger partial charge in [0, 0.05) is 43.5 Å². The molecule has 1 aromatic rings. The molecule has 5 nitrogen and oxygen atoms in total. The number of methoxy groups -OCH3 is 1. The van der Waals surface area contributed by atoms with Crippen LogP contribution in [0.15, 0.2) is 29.3 Å². The molecule has 1 heterocycles. The first-order valence-electron chi connectivity index (χ1n) is 8.54. The number of nitrogens with one attached hydrogen (secondary N) is 2. The molecule has 1 fully saturated rings. The standard InChI is InChI=1S/C18H29ClN4O.HI/c1-5-20-17(21-13-18(2,3)24-4)22-15-9-10-23(12-15)16-8-6-7-14(19)11-16;/h6-8,11,15H,5,9-10,12-13H2,1-4H3,(H2,20,21,22);1H. The van der Waals surface area contributed by atoms with E-state index in [1.54, 1.807) is 7.11 Å². The Balaban J connectivity index is 0.00000312. The second kappa shape index (κ2) is 10.4. The van der Waals surface area contributed by atoms with E-state index in [-0.39, 0.29) is 29.6 Å². The summed E-state index contributed by atoms with van der Waals surface area (Å²) in [6.45, 7) is 9.56. The average Bonchev–Trinajstić information content (AvgIpc) is 3.01. The summed E-state index contributed by atoms with van der Waals surface area (Å²) in [5, 5.41) is 7.63. The molecule has 7 heteroatoms. The van der Waals surface area contributed by atoms with Gasteiger partial charge in [0.1, 0.15) is 0 Å². The quantitative estimate of drug-likeness (QED) is 0.372. The molecule has 2 rings (SSSR count). The van der Waals surface area contributed by atoms with Gasteiger partial charge in [0.25, 0.3) is 0 Å². The summed E-state index contributed by atoms with van der Waals surface area (Å²) in [5.41, 5.74) is 0.916. The monoisotopic (exact) mass is 480 g/mol. The zero-order valence-electron chi connectivity index (χ0n) is 15.5. The number of halogens is 2. The van der Waals surface area contributed by atoms with Crippen LogP contribution in [0.25, 0.3) is 0 Å². The van der Waals surface area contributed by atoms with E-state index in [2.05, 4.69) is 33.5 Å². The molecule has 2 N–H and O–H groups in total. The molecule has 0 spiro atoms. The molecule has 1 aliphatic rings. The lowest BCUT2D eigenvalue weighted by molar-refractivity contribution is 0.0310. The molecule has 0 amide bonds. The van der Waals surface area contributed by atoms with E-state index in [0.29, 0.717) is 12.6 Å². The lowest BCUT2D eigenvalue weighted by atomic mass is 10.1. The van der Waals surface area contributed by atoms with Crippen molar-refractivity contribution in [2.24, 2.45) is 4.99 Å². The van der Waals surface area contributed by atoms with Gasteiger partial charge in [-0.05, 0) is 45.4 Å². The third-order valence-electron chi connectivity index (χ3n) is 4.22. The first-order chi connectivity index (χ1) is 11.4. The fourth-order valence-corrected chi connectivity index (χ4v) is 2.82. The predicted molar refractivity (Wildman–Crippen MR) is 118 cm³/mol. The third kappa shape index (κ3) is 7.19. The fourth-order valence-electron chi connectivity index (χ4n) is 2.63. The SMILES string of the molecule is CCNC(=NCC(C)(C)OC)NC1CCN(c2cccc(Cl)c2)C1.I. The van der Waals surface area contributed by atoms with Crippen molar-refractivity contribution in [3.63, 3.8) is 0 Å². The van der Waals surface area contributed by atoms with Crippen LogP contribution in [-0.2, 0) is 4.74 Å². The van der Waals surface area contributed by atoms with Crippen molar-refractivity contribution >= 4 is 47.2 Å². The molecule has 1 aliphatic heterocycles. The molecule has 1 atom stereocenters. The molecular formula is C18H30ClIN4O. The van der Waals surface area contributed by atoms with Gasteiger partial charge in [0.05, 0.1) is 12.1 Å². The Morgan fingerprint density at radius 3 is 2.84 bits per heavy atom. The highest BCUT2D eigenvalue weighted by Gasteiger charge is 2.24. The van der Waals surface area contributed by atoms with Crippen LogP contribution in [0.2, 0.25) is 5.02 Å². The van der Waals surface area contributed by atoms with Gasteiger partial charge in [-0.15, -0.1) is 24.0 Å². The Bertz CT molecular complexity index is 568. The van der Waals surface area contributed by atoms with Crippen LogP contribution >= 0.6 is 35.6 Å². The van der Waals surface area contributed by atoms with E-state index in [1.807, 2.05) is 32.0 Å². The summed E-state index contributed by atoms with van der Waals surface area (Å²) in [5.74, 6) is 0.848. The highest BCUT2D eigenvalue weighted by atomic mass is 127. The lowest BCUT2D eigenvalue weighted by Gasteiger charge is -2.23. The van der Waals surface area contributed by atoms with Crippen molar-refractivity contribution in [1.82, 2.24) is 10.6 Å². The Kier molecular flexibility index (Phi) is 9.30. The Morgan fingerprint density at radius 1 is 1.44 bits per heavy atom. The van der Waals surface area contributed by atoms with Gasteiger partial charge < -0.3 is 20.3 Å². The Labute approximate surface area is 173 Å². The maximum absolute atomic E-state index is 6.10. The van der Waals surface area contributed by atoms with Crippen LogP contribution in [0.3, 0.4) is 0 Å².